The van der Waals surface area contributed by atoms with Crippen LogP contribution in [-0.4, -0.2) is 37.2 Å². The second-order valence-corrected chi connectivity index (χ2v) is 17.7. The Morgan fingerprint density at radius 1 is 0.313 bits per heavy atom. The lowest BCUT2D eigenvalue weighted by atomic mass is 10.1. The van der Waals surface area contributed by atoms with Gasteiger partial charge in [-0.1, -0.05) is 207 Å². The van der Waals surface area contributed by atoms with E-state index in [2.05, 4.69) is 130 Å². The number of carbonyl (C=O) groups is 3. The number of hydrogen-bond donors (Lipinski definition) is 0. The first kappa shape index (κ1) is 63.1. The first-order valence-corrected chi connectivity index (χ1v) is 27.4. The highest BCUT2D eigenvalue weighted by Gasteiger charge is 2.19. The molecule has 0 amide bonds. The van der Waals surface area contributed by atoms with Crippen LogP contribution in [0.25, 0.3) is 0 Å². The van der Waals surface area contributed by atoms with E-state index in [9.17, 15) is 14.4 Å². The Hall–Kier alpha value is -3.93. The molecule has 0 radical (unpaired) electrons. The quantitative estimate of drug-likeness (QED) is 0.0262. The summed E-state index contributed by atoms with van der Waals surface area (Å²) < 4.78 is 16.8. The van der Waals surface area contributed by atoms with E-state index in [0.717, 1.165) is 135 Å². The summed E-state index contributed by atoms with van der Waals surface area (Å²) in [5.74, 6) is -0.959. The molecule has 0 spiro atoms. The van der Waals surface area contributed by atoms with E-state index in [-0.39, 0.29) is 31.1 Å². The van der Waals surface area contributed by atoms with Gasteiger partial charge in [0.15, 0.2) is 6.10 Å². The topological polar surface area (TPSA) is 78.9 Å². The molecule has 0 aliphatic carbocycles. The van der Waals surface area contributed by atoms with Crippen molar-refractivity contribution in [1.29, 1.82) is 0 Å². The van der Waals surface area contributed by atoms with Crippen molar-refractivity contribution < 1.29 is 28.6 Å². The second kappa shape index (κ2) is 54.7. The molecule has 0 aromatic carbocycles. The van der Waals surface area contributed by atoms with Crippen LogP contribution in [0.4, 0.5) is 0 Å². The lowest BCUT2D eigenvalue weighted by Gasteiger charge is -2.18. The van der Waals surface area contributed by atoms with Gasteiger partial charge < -0.3 is 14.2 Å². The number of rotatable bonds is 48. The molecule has 67 heavy (non-hydrogen) atoms. The van der Waals surface area contributed by atoms with Crippen LogP contribution >= 0.6 is 0 Å². The molecule has 0 aliphatic rings. The Morgan fingerprint density at radius 3 is 0.985 bits per heavy atom. The highest BCUT2D eigenvalue weighted by atomic mass is 16.6. The molecule has 0 unspecified atom stereocenters. The number of ether oxygens (including phenoxy) is 3. The average molecular weight is 929 g/mol. The summed E-state index contributed by atoms with van der Waals surface area (Å²) >= 11 is 0. The van der Waals surface area contributed by atoms with Gasteiger partial charge >= 0.3 is 17.9 Å². The van der Waals surface area contributed by atoms with Gasteiger partial charge in [0.05, 0.1) is 0 Å². The van der Waals surface area contributed by atoms with Gasteiger partial charge in [0.25, 0.3) is 0 Å². The van der Waals surface area contributed by atoms with Gasteiger partial charge in [0, 0.05) is 19.3 Å². The fourth-order valence-electron chi connectivity index (χ4n) is 7.10. The number of hydrogen-bond acceptors (Lipinski definition) is 6. The Balaban J connectivity index is 4.46. The van der Waals surface area contributed by atoms with Crippen molar-refractivity contribution in [3.63, 3.8) is 0 Å². The largest absolute Gasteiger partial charge is 0.462 e. The second-order valence-electron chi connectivity index (χ2n) is 17.7. The van der Waals surface area contributed by atoms with Gasteiger partial charge in [-0.3, -0.25) is 14.4 Å². The van der Waals surface area contributed by atoms with E-state index in [1.165, 1.54) is 64.2 Å². The van der Waals surface area contributed by atoms with E-state index < -0.39 is 6.10 Å². The minimum atomic E-state index is -0.804. The van der Waals surface area contributed by atoms with Crippen molar-refractivity contribution in [2.75, 3.05) is 13.2 Å². The molecule has 0 saturated carbocycles. The molecule has 0 bridgehead atoms. The minimum absolute atomic E-state index is 0.100. The number of allylic oxidation sites excluding steroid dienone is 18. The smallest absolute Gasteiger partial charge is 0.306 e. The van der Waals surface area contributed by atoms with Gasteiger partial charge in [-0.2, -0.15) is 0 Å². The molecule has 0 N–H and O–H groups in total. The zero-order valence-electron chi connectivity index (χ0n) is 43.4. The van der Waals surface area contributed by atoms with Crippen molar-refractivity contribution in [1.82, 2.24) is 0 Å². The fraction of sp³-hybridized carbons (Fsp3) is 0.656. The molecule has 6 heteroatoms. The third-order valence-corrected chi connectivity index (χ3v) is 11.2. The third kappa shape index (κ3) is 52.9. The van der Waals surface area contributed by atoms with Crippen LogP contribution in [0.15, 0.2) is 109 Å². The minimum Gasteiger partial charge on any atom is -0.462 e. The number of carbonyl (C=O) groups excluding carboxylic acids is 3. The number of unbranched alkanes of at least 4 members (excludes halogenated alkanes) is 19. The summed E-state index contributed by atoms with van der Waals surface area (Å²) in [4.78, 5) is 38.0. The standard InChI is InChI=1S/C61H100O6/c1-4-7-10-13-16-19-22-24-26-28-30-32-34-36-39-42-45-48-51-54-60(63)66-57-58(56-65-59(62)53-50-47-44-41-38-21-18-15-12-9-6-3)67-61(64)55-52-49-46-43-40-37-35-33-31-29-27-25-23-20-17-14-11-8-5-2/h7,10,15-20,24-27,30-33,36,39,58H,4-6,8-9,11-14,21-23,28-29,34-35,37-38,40-57H2,1-3H3/b10-7-,18-15-,19-16-,20-17-,26-24-,27-25-,32-30-,33-31-,39-36-/t58-/m1/s1. The predicted octanol–water partition coefficient (Wildman–Crippen LogP) is 18.3. The lowest BCUT2D eigenvalue weighted by Crippen LogP contribution is -2.30. The zero-order chi connectivity index (χ0) is 48.6. The maximum atomic E-state index is 12.8. The number of esters is 3. The van der Waals surface area contributed by atoms with Crippen LogP contribution in [-0.2, 0) is 28.6 Å². The van der Waals surface area contributed by atoms with E-state index in [4.69, 9.17) is 14.2 Å². The van der Waals surface area contributed by atoms with E-state index in [0.29, 0.717) is 19.3 Å². The molecule has 380 valence electrons. The zero-order valence-corrected chi connectivity index (χ0v) is 43.4. The molecule has 0 aliphatic heterocycles. The Kier molecular flexibility index (Phi) is 51.5. The third-order valence-electron chi connectivity index (χ3n) is 11.2. The molecule has 0 aromatic heterocycles. The van der Waals surface area contributed by atoms with Gasteiger partial charge in [0.2, 0.25) is 0 Å². The van der Waals surface area contributed by atoms with Gasteiger partial charge in [-0.05, 0) is 122 Å². The molecule has 6 nitrogen and oxygen atoms in total. The van der Waals surface area contributed by atoms with Crippen molar-refractivity contribution in [2.45, 2.75) is 245 Å². The summed E-state index contributed by atoms with van der Waals surface area (Å²) in [6.07, 6.45) is 73.6. The summed E-state index contributed by atoms with van der Waals surface area (Å²) in [5.41, 5.74) is 0. The first-order chi connectivity index (χ1) is 33.0. The monoisotopic (exact) mass is 929 g/mol. The van der Waals surface area contributed by atoms with Crippen molar-refractivity contribution in [3.8, 4) is 0 Å². The summed E-state index contributed by atoms with van der Waals surface area (Å²) in [7, 11) is 0. The molecule has 0 heterocycles. The SMILES string of the molecule is CC/C=C\C/C=C\C/C=C\C/C=C\C/C=C\CCCCCC(=O)OC[C@@H](COC(=O)CCCCCCC/C=C\CCCC)OC(=O)CCCCCCCC/C=C\C/C=C\C/C=C\CCCCC. The fourth-order valence-corrected chi connectivity index (χ4v) is 7.10. The Labute approximate surface area is 412 Å². The molecule has 0 aromatic rings. The normalized spacial score (nSPS) is 12.9. The molecule has 1 atom stereocenters. The van der Waals surface area contributed by atoms with E-state index in [1.807, 2.05) is 0 Å². The molecular formula is C61H100O6. The summed E-state index contributed by atoms with van der Waals surface area (Å²) in [6, 6.07) is 0. The van der Waals surface area contributed by atoms with Gasteiger partial charge in [-0.15, -0.1) is 0 Å². The maximum Gasteiger partial charge on any atom is 0.306 e. The molecular weight excluding hydrogens is 829 g/mol. The van der Waals surface area contributed by atoms with Gasteiger partial charge in [0.1, 0.15) is 13.2 Å². The Bertz CT molecular complexity index is 1390. The van der Waals surface area contributed by atoms with Crippen LogP contribution < -0.4 is 0 Å². The van der Waals surface area contributed by atoms with Crippen LogP contribution in [0.3, 0.4) is 0 Å². The van der Waals surface area contributed by atoms with E-state index in [1.54, 1.807) is 0 Å². The maximum absolute atomic E-state index is 12.8. The van der Waals surface area contributed by atoms with Crippen LogP contribution in [0.5, 0.6) is 0 Å². The van der Waals surface area contributed by atoms with Crippen LogP contribution in [0.2, 0.25) is 0 Å². The summed E-state index contributed by atoms with van der Waals surface area (Å²) in [5, 5.41) is 0. The Morgan fingerprint density at radius 2 is 0.597 bits per heavy atom. The predicted molar refractivity (Wildman–Crippen MR) is 288 cm³/mol. The highest BCUT2D eigenvalue weighted by Crippen LogP contribution is 2.13. The summed E-state index contributed by atoms with van der Waals surface area (Å²) in [6.45, 7) is 6.40. The average Bonchev–Trinajstić information content (AvgIpc) is 3.33. The van der Waals surface area contributed by atoms with Crippen LogP contribution in [0, 0.1) is 0 Å². The van der Waals surface area contributed by atoms with Crippen LogP contribution in [0.1, 0.15) is 239 Å². The molecule has 0 saturated heterocycles. The van der Waals surface area contributed by atoms with Crippen molar-refractivity contribution in [3.05, 3.63) is 109 Å². The molecule has 0 rings (SSSR count). The highest BCUT2D eigenvalue weighted by molar-refractivity contribution is 5.71. The lowest BCUT2D eigenvalue weighted by molar-refractivity contribution is -0.167. The van der Waals surface area contributed by atoms with E-state index >= 15 is 0 Å². The van der Waals surface area contributed by atoms with Gasteiger partial charge in [-0.25, -0.2) is 0 Å². The van der Waals surface area contributed by atoms with Crippen molar-refractivity contribution in [2.24, 2.45) is 0 Å². The van der Waals surface area contributed by atoms with Crippen molar-refractivity contribution >= 4 is 17.9 Å². The molecule has 0 fully saturated rings. The first-order valence-electron chi connectivity index (χ1n) is 27.4.